The van der Waals surface area contributed by atoms with Crippen molar-refractivity contribution in [3.05, 3.63) is 72.7 Å². The molecule has 5 rings (SSSR count). The van der Waals surface area contributed by atoms with E-state index in [-0.39, 0.29) is 12.6 Å². The second-order valence-corrected chi connectivity index (χ2v) is 10.0. The molecule has 3 heterocycles. The van der Waals surface area contributed by atoms with Gasteiger partial charge in [-0.1, -0.05) is 24.1 Å². The number of piperidine rings is 1. The Balaban J connectivity index is 1.37. The molecule has 4 aromatic rings. The minimum absolute atomic E-state index is 0.233. The number of hydrogen-bond donors (Lipinski definition) is 2. The van der Waals surface area contributed by atoms with Crippen LogP contribution in [0.15, 0.2) is 67.0 Å². The zero-order chi connectivity index (χ0) is 28.1. The van der Waals surface area contributed by atoms with E-state index in [0.717, 1.165) is 53.8 Å². The van der Waals surface area contributed by atoms with Gasteiger partial charge in [0, 0.05) is 35.1 Å². The van der Waals surface area contributed by atoms with Crippen molar-refractivity contribution in [3.8, 4) is 28.7 Å². The molecule has 2 aromatic heterocycles. The van der Waals surface area contributed by atoms with Gasteiger partial charge in [-0.05, 0) is 80.9 Å². The number of hydrogen-bond acceptors (Lipinski definition) is 5. The molecule has 0 bridgehead atoms. The van der Waals surface area contributed by atoms with Gasteiger partial charge in [0.25, 0.3) is 0 Å². The lowest BCUT2D eigenvalue weighted by atomic mass is 10.0. The average molecular weight is 548 g/mol. The van der Waals surface area contributed by atoms with Crippen molar-refractivity contribution in [1.82, 2.24) is 14.5 Å². The quantitative estimate of drug-likeness (QED) is 0.268. The second-order valence-electron chi connectivity index (χ2n) is 10.0. The summed E-state index contributed by atoms with van der Waals surface area (Å²) in [5, 5.41) is 7.53. The highest BCUT2D eigenvalue weighted by atomic mass is 19.4. The fraction of sp³-hybridized carbons (Fsp3) is 0.323. The third-order valence-corrected chi connectivity index (χ3v) is 7.14. The van der Waals surface area contributed by atoms with E-state index in [2.05, 4.69) is 39.4 Å². The van der Waals surface area contributed by atoms with E-state index in [1.165, 1.54) is 4.57 Å². The van der Waals surface area contributed by atoms with E-state index >= 15 is 0 Å². The Morgan fingerprint density at radius 1 is 1.02 bits per heavy atom. The number of methoxy groups -OCH3 is 1. The number of pyridine rings is 1. The Morgan fingerprint density at radius 3 is 2.58 bits per heavy atom. The van der Waals surface area contributed by atoms with E-state index in [1.54, 1.807) is 37.7 Å². The Bertz CT molecular complexity index is 1510. The monoisotopic (exact) mass is 547 g/mol. The predicted molar refractivity (Wildman–Crippen MR) is 154 cm³/mol. The van der Waals surface area contributed by atoms with E-state index in [9.17, 15) is 13.2 Å². The predicted octanol–water partition coefficient (Wildman–Crippen LogP) is 6.24. The van der Waals surface area contributed by atoms with Crippen LogP contribution in [0.25, 0.3) is 22.0 Å². The third kappa shape index (κ3) is 6.52. The third-order valence-electron chi connectivity index (χ3n) is 7.14. The molecule has 2 aromatic carbocycles. The number of fused-ring (bicyclic) bond motifs is 1. The molecule has 2 N–H and O–H groups in total. The molecule has 208 valence electrons. The van der Waals surface area contributed by atoms with Gasteiger partial charge in [-0.25, -0.2) is 0 Å². The molecular weight excluding hydrogens is 515 g/mol. The Hall–Kier alpha value is -4.16. The highest BCUT2D eigenvalue weighted by Crippen LogP contribution is 2.32. The summed E-state index contributed by atoms with van der Waals surface area (Å²) in [5.74, 6) is 6.61. The van der Waals surface area contributed by atoms with Crippen molar-refractivity contribution >= 4 is 22.3 Å². The number of anilines is 2. The molecule has 0 radical (unpaired) electrons. The summed E-state index contributed by atoms with van der Waals surface area (Å²) in [5.41, 5.74) is 4.35. The van der Waals surface area contributed by atoms with Crippen LogP contribution in [0.2, 0.25) is 0 Å². The standard InChI is InChI=1S/C31H32F3N5O/c1-38-16-12-24(13-17-38)37-27-8-3-9-29-26(27)19-25(39(29)21-31(32,33)34)7-5-15-36-28-11-10-22(18-30(28)40-2)23-6-4-14-35-20-23/h3-4,6,8-11,14,18-20,24,36-37H,12-13,15-17,21H2,1-2H3. The topological polar surface area (TPSA) is 54.4 Å². The van der Waals surface area contributed by atoms with Crippen molar-refractivity contribution < 1.29 is 17.9 Å². The van der Waals surface area contributed by atoms with Gasteiger partial charge in [-0.3, -0.25) is 4.98 Å². The van der Waals surface area contributed by atoms with Crippen molar-refractivity contribution in [2.24, 2.45) is 0 Å². The maximum atomic E-state index is 13.6. The van der Waals surface area contributed by atoms with Crippen LogP contribution >= 0.6 is 0 Å². The van der Waals surface area contributed by atoms with Gasteiger partial charge in [0.05, 0.1) is 30.6 Å². The molecule has 1 saturated heterocycles. The Kier molecular flexibility index (Phi) is 8.17. The van der Waals surface area contributed by atoms with Crippen molar-refractivity contribution in [2.75, 3.05) is 44.4 Å². The summed E-state index contributed by atoms with van der Waals surface area (Å²) in [6.45, 7) is 1.11. The normalized spacial score (nSPS) is 14.5. The summed E-state index contributed by atoms with van der Waals surface area (Å²) < 4.78 is 47.5. The number of nitrogens with zero attached hydrogens (tertiary/aromatic N) is 3. The van der Waals surface area contributed by atoms with E-state index in [0.29, 0.717) is 17.0 Å². The summed E-state index contributed by atoms with van der Waals surface area (Å²) in [7, 11) is 3.69. The molecule has 1 aliphatic heterocycles. The minimum atomic E-state index is -4.37. The maximum Gasteiger partial charge on any atom is 0.406 e. The molecule has 0 saturated carbocycles. The zero-order valence-corrected chi connectivity index (χ0v) is 22.6. The lowest BCUT2D eigenvalue weighted by molar-refractivity contribution is -0.140. The SMILES string of the molecule is COc1cc(-c2cccnc2)ccc1NCC#Cc1cc2c(NC3CCN(C)CC3)cccc2n1CC(F)(F)F. The van der Waals surface area contributed by atoms with Gasteiger partial charge in [0.2, 0.25) is 0 Å². The van der Waals surface area contributed by atoms with Crippen LogP contribution in [-0.2, 0) is 6.54 Å². The van der Waals surface area contributed by atoms with Gasteiger partial charge in [-0.15, -0.1) is 0 Å². The molecule has 40 heavy (non-hydrogen) atoms. The first-order chi connectivity index (χ1) is 19.3. The van der Waals surface area contributed by atoms with Crippen LogP contribution in [-0.4, -0.2) is 60.5 Å². The molecule has 0 amide bonds. The molecule has 0 unspecified atom stereocenters. The lowest BCUT2D eigenvalue weighted by Crippen LogP contribution is -2.36. The number of alkyl halides is 3. The first kappa shape index (κ1) is 27.4. The summed E-state index contributed by atoms with van der Waals surface area (Å²) in [4.78, 5) is 6.44. The first-order valence-corrected chi connectivity index (χ1v) is 13.3. The number of benzene rings is 2. The van der Waals surface area contributed by atoms with Crippen LogP contribution in [0.4, 0.5) is 24.5 Å². The van der Waals surface area contributed by atoms with Crippen molar-refractivity contribution in [2.45, 2.75) is 31.6 Å². The Labute approximate surface area is 232 Å². The number of nitrogens with one attached hydrogen (secondary N) is 2. The fourth-order valence-corrected chi connectivity index (χ4v) is 5.06. The molecule has 1 fully saturated rings. The number of aromatic nitrogens is 2. The molecular formula is C31H32F3N5O. The van der Waals surface area contributed by atoms with E-state index in [1.807, 2.05) is 36.4 Å². The lowest BCUT2D eigenvalue weighted by Gasteiger charge is -2.30. The maximum absolute atomic E-state index is 13.6. The van der Waals surface area contributed by atoms with Crippen molar-refractivity contribution in [1.29, 1.82) is 0 Å². The first-order valence-electron chi connectivity index (χ1n) is 13.3. The van der Waals surface area contributed by atoms with Crippen LogP contribution in [0.5, 0.6) is 5.75 Å². The van der Waals surface area contributed by atoms with Gasteiger partial charge in [-0.2, -0.15) is 13.2 Å². The summed E-state index contributed by atoms with van der Waals surface area (Å²) in [6.07, 6.45) is 1.10. The van der Waals surface area contributed by atoms with Gasteiger partial charge in [0.15, 0.2) is 0 Å². The van der Waals surface area contributed by atoms with Crippen LogP contribution in [0.1, 0.15) is 18.5 Å². The number of halogens is 3. The molecule has 6 nitrogen and oxygen atoms in total. The van der Waals surface area contributed by atoms with E-state index in [4.69, 9.17) is 4.74 Å². The summed E-state index contributed by atoms with van der Waals surface area (Å²) in [6, 6.07) is 17.1. The van der Waals surface area contributed by atoms with Gasteiger partial charge >= 0.3 is 6.18 Å². The van der Waals surface area contributed by atoms with Crippen LogP contribution in [0, 0.1) is 11.8 Å². The fourth-order valence-electron chi connectivity index (χ4n) is 5.06. The highest BCUT2D eigenvalue weighted by Gasteiger charge is 2.30. The Morgan fingerprint density at radius 2 is 1.85 bits per heavy atom. The van der Waals surface area contributed by atoms with Crippen LogP contribution in [0.3, 0.4) is 0 Å². The molecule has 0 spiro atoms. The van der Waals surface area contributed by atoms with E-state index < -0.39 is 12.7 Å². The van der Waals surface area contributed by atoms with Crippen LogP contribution < -0.4 is 15.4 Å². The van der Waals surface area contributed by atoms with Gasteiger partial charge in [0.1, 0.15) is 12.3 Å². The second kappa shape index (κ2) is 11.9. The van der Waals surface area contributed by atoms with Crippen molar-refractivity contribution in [3.63, 3.8) is 0 Å². The highest BCUT2D eigenvalue weighted by molar-refractivity contribution is 5.94. The zero-order valence-electron chi connectivity index (χ0n) is 22.6. The number of ether oxygens (including phenoxy) is 1. The minimum Gasteiger partial charge on any atom is -0.495 e. The summed E-state index contributed by atoms with van der Waals surface area (Å²) >= 11 is 0. The molecule has 0 atom stereocenters. The number of rotatable bonds is 7. The largest absolute Gasteiger partial charge is 0.495 e. The molecule has 9 heteroatoms. The molecule has 0 aliphatic carbocycles. The smallest absolute Gasteiger partial charge is 0.406 e. The number of likely N-dealkylation sites (tertiary alicyclic amines) is 1. The average Bonchev–Trinajstić information content (AvgIpc) is 3.29. The van der Waals surface area contributed by atoms with Gasteiger partial charge < -0.3 is 24.8 Å². The molecule has 1 aliphatic rings.